The summed E-state index contributed by atoms with van der Waals surface area (Å²) in [6, 6.07) is 191. The molecule has 6 aromatic heterocycles. The second-order valence-corrected chi connectivity index (χ2v) is 35.1. The molecule has 0 bridgehead atoms. The Kier molecular flexibility index (Phi) is 23.5. The van der Waals surface area contributed by atoms with E-state index in [4.69, 9.17) is 15.0 Å². The molecule has 19 aromatic carbocycles. The van der Waals surface area contributed by atoms with Crippen LogP contribution in [0.5, 0.6) is 0 Å². The van der Waals surface area contributed by atoms with Gasteiger partial charge in [0, 0.05) is 83.1 Å². The Balaban J connectivity index is 0.000000117. The van der Waals surface area contributed by atoms with Gasteiger partial charge in [-0.3, -0.25) is 13.7 Å². The summed E-state index contributed by atoms with van der Waals surface area (Å²) in [6.07, 6.45) is 0. The molecule has 0 aliphatic rings. The summed E-state index contributed by atoms with van der Waals surface area (Å²) in [4.78, 5) is 22.7. The molecule has 0 saturated carbocycles. The van der Waals surface area contributed by atoms with E-state index in [0.717, 1.165) is 136 Å². The van der Waals surface area contributed by atoms with Crippen molar-refractivity contribution in [1.82, 2.24) is 28.7 Å². The van der Waals surface area contributed by atoms with Gasteiger partial charge in [-0.25, -0.2) is 15.0 Å². The molecular weight excluding hydrogens is 1700 g/mol. The van der Waals surface area contributed by atoms with Gasteiger partial charge in [-0.2, -0.15) is 0 Å². The number of rotatable bonds is 19. The van der Waals surface area contributed by atoms with Crippen LogP contribution >= 0.6 is 0 Å². The molecule has 6 heterocycles. The predicted octanol–water partition coefficient (Wildman–Crippen LogP) is 35.2. The zero-order chi connectivity index (χ0) is 93.6. The van der Waals surface area contributed by atoms with Crippen LogP contribution < -0.4 is 14.7 Å². The molecule has 0 aliphatic carbocycles. The monoisotopic (exact) mass is 1790 g/mol. The predicted molar refractivity (Wildman–Crippen MR) is 587 cm³/mol. The van der Waals surface area contributed by atoms with Gasteiger partial charge in [0.2, 0.25) is 0 Å². The van der Waals surface area contributed by atoms with Crippen LogP contribution in [0.2, 0.25) is 0 Å². The number of pyridine rings is 3. The highest BCUT2D eigenvalue weighted by Crippen LogP contribution is 2.50. The molecule has 25 aromatic rings. The first-order valence-electron chi connectivity index (χ1n) is 47.6. The molecule has 0 unspecified atom stereocenters. The van der Waals surface area contributed by atoms with E-state index < -0.39 is 0 Å². The molecule has 0 saturated heterocycles. The van der Waals surface area contributed by atoms with Crippen LogP contribution in [0.4, 0.5) is 51.2 Å². The first kappa shape index (κ1) is 85.6. The maximum absolute atomic E-state index is 5.20. The van der Waals surface area contributed by atoms with Crippen molar-refractivity contribution in [2.75, 3.05) is 14.7 Å². The summed E-state index contributed by atoms with van der Waals surface area (Å²) < 4.78 is 6.90. The third kappa shape index (κ3) is 16.8. The summed E-state index contributed by atoms with van der Waals surface area (Å²) in [6.45, 7) is 4.30. The molecule has 140 heavy (non-hydrogen) atoms. The lowest BCUT2D eigenvalue weighted by atomic mass is 10.00. The zero-order valence-electron chi connectivity index (χ0n) is 77.4. The summed E-state index contributed by atoms with van der Waals surface area (Å²) in [5, 5.41) is 7.10. The Morgan fingerprint density at radius 3 is 0.786 bits per heavy atom. The average Bonchev–Trinajstić information content (AvgIpc) is 1.58. The van der Waals surface area contributed by atoms with Crippen LogP contribution in [0.15, 0.2) is 540 Å². The van der Waals surface area contributed by atoms with Gasteiger partial charge < -0.3 is 14.7 Å². The van der Waals surface area contributed by atoms with Gasteiger partial charge in [-0.05, 0) is 228 Å². The van der Waals surface area contributed by atoms with Crippen LogP contribution in [-0.2, 0) is 0 Å². The summed E-state index contributed by atoms with van der Waals surface area (Å²) in [5.41, 5.74) is 34.9. The number of hydrogen-bond donors (Lipinski definition) is 0. The van der Waals surface area contributed by atoms with Crippen molar-refractivity contribution in [3.8, 4) is 95.7 Å². The van der Waals surface area contributed by atoms with E-state index in [1.807, 2.05) is 18.2 Å². The number of fused-ring (bicyclic) bond motifs is 9. The molecule has 0 N–H and O–H groups in total. The average molecular weight is 1800 g/mol. The van der Waals surface area contributed by atoms with Crippen molar-refractivity contribution in [2.45, 2.75) is 13.8 Å². The van der Waals surface area contributed by atoms with Crippen molar-refractivity contribution >= 4 is 117 Å². The third-order valence-electron chi connectivity index (χ3n) is 26.4. The fourth-order valence-electron chi connectivity index (χ4n) is 19.8. The van der Waals surface area contributed by atoms with E-state index in [0.29, 0.717) is 0 Å². The van der Waals surface area contributed by atoms with E-state index >= 15 is 0 Å². The molecule has 0 fully saturated rings. The third-order valence-corrected chi connectivity index (χ3v) is 26.4. The van der Waals surface area contributed by atoms with E-state index in [1.165, 1.54) is 88.0 Å². The van der Waals surface area contributed by atoms with Crippen LogP contribution in [0.3, 0.4) is 0 Å². The highest BCUT2D eigenvalue weighted by Gasteiger charge is 2.27. The normalized spacial score (nSPS) is 11.2. The number of nitrogens with zero attached hydrogens (tertiary/aromatic N) is 9. The smallest absolute Gasteiger partial charge is 0.138 e. The van der Waals surface area contributed by atoms with Crippen LogP contribution in [0.25, 0.3) is 161 Å². The molecule has 0 radical (unpaired) electrons. The quantitative estimate of drug-likeness (QED) is 0.0804. The van der Waals surface area contributed by atoms with E-state index in [1.54, 1.807) is 0 Å². The molecular formula is C131H95N9. The molecule has 0 aliphatic heterocycles. The fraction of sp³-hybridized carbons (Fsp3) is 0.0153. The SMILES string of the molecule is Cc1ccc(N(c2ccc(-c3ccccc3C)cc2)c2cccc3c2c2ccccc2n3-c2cccc(-c3ccccc3)n2)cc1.c1ccc(-c2ccc(N(c3ccc(-c4ccccc4)cc3)c3cccc4c3c3ccccc3n4-c3cccc(-c4ccccc4)n3)cc2)cc1.c1ccc(-c2cccc(N(c3ccccc3)c3cccc4c3c3ccccc3n4-c3cccc(-c4ccccc4)n3)c2)cc1. The Morgan fingerprint density at radius 2 is 0.421 bits per heavy atom. The maximum Gasteiger partial charge on any atom is 0.138 e. The minimum Gasteiger partial charge on any atom is -0.310 e. The van der Waals surface area contributed by atoms with E-state index in [9.17, 15) is 0 Å². The van der Waals surface area contributed by atoms with Gasteiger partial charge >= 0.3 is 0 Å². The molecule has 9 nitrogen and oxygen atoms in total. The maximum atomic E-state index is 5.20. The van der Waals surface area contributed by atoms with Gasteiger partial charge in [-0.1, -0.05) is 382 Å². The highest BCUT2D eigenvalue weighted by atomic mass is 15.2. The Labute approximate surface area is 814 Å². The van der Waals surface area contributed by atoms with Crippen molar-refractivity contribution in [3.63, 3.8) is 0 Å². The van der Waals surface area contributed by atoms with Gasteiger partial charge in [0.15, 0.2) is 0 Å². The Hall–Kier alpha value is -18.6. The summed E-state index contributed by atoms with van der Waals surface area (Å²) in [5.74, 6) is 2.68. The Morgan fingerprint density at radius 1 is 0.171 bits per heavy atom. The molecule has 0 spiro atoms. The molecule has 25 rings (SSSR count). The lowest BCUT2D eigenvalue weighted by Gasteiger charge is -2.27. The molecule has 0 atom stereocenters. The molecule has 0 amide bonds. The zero-order valence-corrected chi connectivity index (χ0v) is 77.4. The second kappa shape index (κ2) is 38.4. The largest absolute Gasteiger partial charge is 0.310 e. The summed E-state index contributed by atoms with van der Waals surface area (Å²) >= 11 is 0. The van der Waals surface area contributed by atoms with Gasteiger partial charge in [0.1, 0.15) is 17.5 Å². The van der Waals surface area contributed by atoms with Crippen molar-refractivity contribution in [1.29, 1.82) is 0 Å². The van der Waals surface area contributed by atoms with Crippen molar-refractivity contribution < 1.29 is 0 Å². The first-order valence-corrected chi connectivity index (χ1v) is 47.6. The van der Waals surface area contributed by atoms with Gasteiger partial charge in [-0.15, -0.1) is 0 Å². The number of anilines is 9. The van der Waals surface area contributed by atoms with Crippen LogP contribution in [0, 0.1) is 13.8 Å². The van der Waals surface area contributed by atoms with Gasteiger partial charge in [0.05, 0.1) is 67.2 Å². The molecule has 9 heteroatoms. The number of aryl methyl sites for hydroxylation is 2. The topological polar surface area (TPSA) is 63.2 Å². The standard InChI is InChI=1S/C47H33N3.C43H33N3.C41H29N3/c1-4-14-34(15-5-1)36-26-30-39(31-27-36)49(40-32-28-37(29-33-40)35-16-6-2-7-17-35)44-23-13-24-45-47(44)41-20-10-11-22-43(41)50(45)46-25-12-21-42(48-46)38-18-8-3-9-19-38;1-30-22-26-34(27-23-30)45(35-28-24-32(25-29-35)36-15-7-6-12-31(36)2)40-19-11-20-41-43(40)37-16-8-9-18-39(37)46(41)42-21-10-17-38(44-42)33-13-4-3-5-14-33;1-4-15-30(16-5-1)32-19-12-22-34(29-32)43(33-20-8-3-9-21-33)38-26-14-27-39-41(38)35-23-10-11-25-37(35)44(39)40-28-13-24-36(42-40)31-17-6-2-7-18-31/h1-33H;3-29H,1-2H3;1-29H. The minimum atomic E-state index is 0.890. The van der Waals surface area contributed by atoms with E-state index in [2.05, 4.69) is 564 Å². The Bertz CT molecular complexity index is 8630. The lowest BCUT2D eigenvalue weighted by Crippen LogP contribution is -2.10. The fourth-order valence-corrected chi connectivity index (χ4v) is 19.8. The summed E-state index contributed by atoms with van der Waals surface area (Å²) in [7, 11) is 0. The first-order chi connectivity index (χ1) is 69.3. The molecule has 664 valence electrons. The second-order valence-electron chi connectivity index (χ2n) is 35.1. The lowest BCUT2D eigenvalue weighted by molar-refractivity contribution is 1.08. The number of hydrogen-bond acceptors (Lipinski definition) is 6. The van der Waals surface area contributed by atoms with Crippen LogP contribution in [-0.4, -0.2) is 28.7 Å². The number of benzene rings is 19. The van der Waals surface area contributed by atoms with Crippen LogP contribution in [0.1, 0.15) is 11.1 Å². The highest BCUT2D eigenvalue weighted by molar-refractivity contribution is 6.19. The van der Waals surface area contributed by atoms with Gasteiger partial charge in [0.25, 0.3) is 0 Å². The minimum absolute atomic E-state index is 0.890. The van der Waals surface area contributed by atoms with E-state index in [-0.39, 0.29) is 0 Å². The number of aromatic nitrogens is 6. The van der Waals surface area contributed by atoms with Crippen molar-refractivity contribution in [3.05, 3.63) is 551 Å². The number of para-hydroxylation sites is 4. The van der Waals surface area contributed by atoms with Crippen molar-refractivity contribution in [2.24, 2.45) is 0 Å².